The quantitative estimate of drug-likeness (QED) is 0.616. The minimum atomic E-state index is -4.54. The molecular formula is C17H12F3NO4S2. The zero-order valence-electron chi connectivity index (χ0n) is 13.5. The lowest BCUT2D eigenvalue weighted by Gasteiger charge is -2.09. The number of hydrogen-bond donors (Lipinski definition) is 1. The Kier molecular flexibility index (Phi) is 5.22. The van der Waals surface area contributed by atoms with Crippen LogP contribution in [0.15, 0.2) is 64.1 Å². The van der Waals surface area contributed by atoms with Crippen molar-refractivity contribution >= 4 is 27.1 Å². The van der Waals surface area contributed by atoms with Crippen LogP contribution in [0.2, 0.25) is 0 Å². The largest absolute Gasteiger partial charge is 0.461 e. The molecular weight excluding hydrogens is 403 g/mol. The Hall–Kier alpha value is -2.43. The van der Waals surface area contributed by atoms with E-state index >= 15 is 0 Å². The van der Waals surface area contributed by atoms with Gasteiger partial charge in [-0.3, -0.25) is 4.79 Å². The zero-order valence-corrected chi connectivity index (χ0v) is 15.1. The Balaban J connectivity index is 1.68. The number of nitrogens with one attached hydrogen (secondary N) is 1. The van der Waals surface area contributed by atoms with Crippen molar-refractivity contribution < 1.29 is 30.8 Å². The fourth-order valence-electron chi connectivity index (χ4n) is 2.20. The fraction of sp³-hybridized carbons (Fsp3) is 0.118. The molecule has 2 heterocycles. The van der Waals surface area contributed by atoms with Crippen LogP contribution >= 0.6 is 11.3 Å². The Morgan fingerprint density at radius 2 is 1.78 bits per heavy atom. The number of halogens is 3. The minimum absolute atomic E-state index is 0.0978. The number of furan rings is 1. The summed E-state index contributed by atoms with van der Waals surface area (Å²) in [5.41, 5.74) is -0.930. The summed E-state index contributed by atoms with van der Waals surface area (Å²) in [5.74, 6) is -0.143. The number of carbonyl (C=O) groups excluding carboxylic acids is 1. The van der Waals surface area contributed by atoms with Gasteiger partial charge in [0.15, 0.2) is 5.76 Å². The molecule has 142 valence electrons. The number of alkyl halides is 3. The molecule has 5 nitrogen and oxygen atoms in total. The predicted octanol–water partition coefficient (Wildman–Crippen LogP) is 4.07. The fourth-order valence-corrected chi connectivity index (χ4v) is 4.19. The maximum atomic E-state index is 12.6. The van der Waals surface area contributed by atoms with E-state index in [4.69, 9.17) is 4.42 Å². The molecule has 0 saturated heterocycles. The van der Waals surface area contributed by atoms with Gasteiger partial charge in [0.2, 0.25) is 15.8 Å². The molecule has 0 aliphatic carbocycles. The molecule has 0 fully saturated rings. The number of ketones is 1. The van der Waals surface area contributed by atoms with Crippen LogP contribution < -0.4 is 4.72 Å². The Bertz CT molecular complexity index is 1040. The molecule has 0 aliphatic rings. The van der Waals surface area contributed by atoms with Gasteiger partial charge in [0, 0.05) is 11.4 Å². The molecule has 2 aromatic heterocycles. The Morgan fingerprint density at radius 3 is 2.37 bits per heavy atom. The molecule has 0 unspecified atom stereocenters. The van der Waals surface area contributed by atoms with E-state index in [-0.39, 0.29) is 23.0 Å². The molecule has 0 aliphatic heterocycles. The van der Waals surface area contributed by atoms with Gasteiger partial charge in [0.1, 0.15) is 0 Å². The highest BCUT2D eigenvalue weighted by Crippen LogP contribution is 2.29. The number of carbonyl (C=O) groups is 1. The summed E-state index contributed by atoms with van der Waals surface area (Å²) in [4.78, 5) is 12.8. The monoisotopic (exact) mass is 415 g/mol. The van der Waals surface area contributed by atoms with E-state index in [0.29, 0.717) is 21.9 Å². The van der Waals surface area contributed by atoms with Gasteiger partial charge in [-0.15, -0.1) is 11.3 Å². The van der Waals surface area contributed by atoms with E-state index < -0.39 is 21.8 Å². The third-order valence-electron chi connectivity index (χ3n) is 3.56. The number of hydrogen-bond acceptors (Lipinski definition) is 5. The van der Waals surface area contributed by atoms with Crippen LogP contribution in [0.3, 0.4) is 0 Å². The summed E-state index contributed by atoms with van der Waals surface area (Å²) in [6.45, 7) is -0.0978. The lowest BCUT2D eigenvalue weighted by Crippen LogP contribution is -2.23. The average molecular weight is 415 g/mol. The molecule has 3 rings (SSSR count). The first-order valence-electron chi connectivity index (χ1n) is 7.51. The Labute approximate surface area is 156 Å². The molecule has 3 aromatic rings. The first-order valence-corrected chi connectivity index (χ1v) is 9.80. The van der Waals surface area contributed by atoms with Crippen molar-refractivity contribution in [3.63, 3.8) is 0 Å². The van der Waals surface area contributed by atoms with Gasteiger partial charge in [-0.1, -0.05) is 0 Å². The summed E-state index contributed by atoms with van der Waals surface area (Å²) in [6.07, 6.45) is -3.16. The Morgan fingerprint density at radius 1 is 1.07 bits per heavy atom. The van der Waals surface area contributed by atoms with Crippen LogP contribution in [-0.4, -0.2) is 14.2 Å². The predicted molar refractivity (Wildman–Crippen MR) is 91.9 cm³/mol. The molecule has 1 aromatic carbocycles. The van der Waals surface area contributed by atoms with Gasteiger partial charge in [-0.25, -0.2) is 13.1 Å². The molecule has 27 heavy (non-hydrogen) atoms. The molecule has 0 saturated carbocycles. The van der Waals surface area contributed by atoms with Crippen molar-refractivity contribution in [2.24, 2.45) is 0 Å². The van der Waals surface area contributed by atoms with Crippen LogP contribution in [0.5, 0.6) is 0 Å². The number of rotatable bonds is 6. The van der Waals surface area contributed by atoms with Gasteiger partial charge in [0.05, 0.1) is 21.6 Å². The second-order valence-electron chi connectivity index (χ2n) is 5.42. The van der Waals surface area contributed by atoms with E-state index in [1.165, 1.54) is 12.3 Å². The van der Waals surface area contributed by atoms with E-state index in [0.717, 1.165) is 23.5 Å². The van der Waals surface area contributed by atoms with E-state index in [1.807, 2.05) is 0 Å². The molecule has 10 heteroatoms. The molecule has 1 N–H and O–H groups in total. The summed E-state index contributed by atoms with van der Waals surface area (Å²) in [7, 11) is -3.99. The number of sulfonamides is 1. The molecule has 0 bridgehead atoms. The topological polar surface area (TPSA) is 76.4 Å². The molecule has 0 radical (unpaired) electrons. The van der Waals surface area contributed by atoms with Gasteiger partial charge >= 0.3 is 6.18 Å². The number of benzene rings is 1. The van der Waals surface area contributed by atoms with Crippen LogP contribution in [0.25, 0.3) is 0 Å². The highest BCUT2D eigenvalue weighted by Gasteiger charge is 2.30. The lowest BCUT2D eigenvalue weighted by atomic mass is 10.2. The van der Waals surface area contributed by atoms with Gasteiger partial charge in [-0.2, -0.15) is 13.2 Å². The summed E-state index contributed by atoms with van der Waals surface area (Å²) >= 11 is 1.10. The van der Waals surface area contributed by atoms with Crippen molar-refractivity contribution in [1.29, 1.82) is 0 Å². The van der Waals surface area contributed by atoms with E-state index in [9.17, 15) is 26.4 Å². The SMILES string of the molecule is O=C(c1ccco1)c1ccc(CNS(=O)(=O)c2ccc(C(F)(F)F)cc2)s1. The zero-order chi connectivity index (χ0) is 19.7. The summed E-state index contributed by atoms with van der Waals surface area (Å²) in [6, 6.07) is 9.46. The number of thiophene rings is 1. The minimum Gasteiger partial charge on any atom is -0.461 e. The summed E-state index contributed by atoms with van der Waals surface area (Å²) in [5, 5.41) is 0. The highest BCUT2D eigenvalue weighted by molar-refractivity contribution is 7.89. The van der Waals surface area contributed by atoms with Crippen LogP contribution in [-0.2, 0) is 22.7 Å². The van der Waals surface area contributed by atoms with Crippen LogP contribution in [0, 0.1) is 0 Å². The van der Waals surface area contributed by atoms with Gasteiger partial charge in [-0.05, 0) is 48.5 Å². The first-order chi connectivity index (χ1) is 12.7. The smallest absolute Gasteiger partial charge is 0.416 e. The molecule has 0 atom stereocenters. The van der Waals surface area contributed by atoms with Crippen molar-refractivity contribution in [1.82, 2.24) is 4.72 Å². The lowest BCUT2D eigenvalue weighted by molar-refractivity contribution is -0.137. The standard InChI is InChI=1S/C17H12F3NO4S2/c18-17(19,20)11-3-6-13(7-4-11)27(23,24)21-10-12-5-8-15(26-12)16(22)14-2-1-9-25-14/h1-9,21H,10H2. The third-order valence-corrected chi connectivity index (χ3v) is 6.06. The van der Waals surface area contributed by atoms with Crippen LogP contribution in [0.1, 0.15) is 25.9 Å². The first kappa shape index (κ1) is 19.3. The third kappa shape index (κ3) is 4.46. The molecule has 0 amide bonds. The normalized spacial score (nSPS) is 12.3. The van der Waals surface area contributed by atoms with Gasteiger partial charge < -0.3 is 4.42 Å². The van der Waals surface area contributed by atoms with Crippen molar-refractivity contribution in [2.75, 3.05) is 0 Å². The van der Waals surface area contributed by atoms with Crippen molar-refractivity contribution in [2.45, 2.75) is 17.6 Å². The van der Waals surface area contributed by atoms with Crippen LogP contribution in [0.4, 0.5) is 13.2 Å². The summed E-state index contributed by atoms with van der Waals surface area (Å²) < 4.78 is 69.5. The highest BCUT2D eigenvalue weighted by atomic mass is 32.2. The van der Waals surface area contributed by atoms with E-state index in [2.05, 4.69) is 4.72 Å². The molecule has 0 spiro atoms. The average Bonchev–Trinajstić information content (AvgIpc) is 3.31. The van der Waals surface area contributed by atoms with Crippen molar-refractivity contribution in [3.8, 4) is 0 Å². The maximum absolute atomic E-state index is 12.6. The van der Waals surface area contributed by atoms with Crippen molar-refractivity contribution in [3.05, 3.63) is 75.9 Å². The van der Waals surface area contributed by atoms with E-state index in [1.54, 1.807) is 18.2 Å². The second-order valence-corrected chi connectivity index (χ2v) is 8.35. The maximum Gasteiger partial charge on any atom is 0.416 e. The van der Waals surface area contributed by atoms with Gasteiger partial charge in [0.25, 0.3) is 0 Å². The second kappa shape index (κ2) is 7.29.